The molecule has 1 aromatic heterocycles. The first-order chi connectivity index (χ1) is 18.7. The van der Waals surface area contributed by atoms with Crippen LogP contribution in [0.5, 0.6) is 0 Å². The number of nitrogens with two attached hydrogens (primary N) is 1. The molecule has 5 N–H and O–H groups in total. The van der Waals surface area contributed by atoms with Gasteiger partial charge in [-0.05, 0) is 41.3 Å². The molecule has 0 fully saturated rings. The Labute approximate surface area is 224 Å². The molecule has 3 aromatic carbocycles. The molecule has 1 aliphatic heterocycles. The molecule has 0 bridgehead atoms. The van der Waals surface area contributed by atoms with Gasteiger partial charge < -0.3 is 21.1 Å². The van der Waals surface area contributed by atoms with Gasteiger partial charge in [-0.1, -0.05) is 48.5 Å². The van der Waals surface area contributed by atoms with Crippen LogP contribution >= 0.6 is 0 Å². The molecule has 12 heteroatoms. The maximum absolute atomic E-state index is 13.6. The molecule has 0 aliphatic carbocycles. The van der Waals surface area contributed by atoms with Gasteiger partial charge in [0.25, 0.3) is 5.91 Å². The summed E-state index contributed by atoms with van der Waals surface area (Å²) in [7, 11) is -3.92. The first-order valence-electron chi connectivity index (χ1n) is 12.2. The number of carbonyl (C=O) groups is 2. The first-order valence-corrected chi connectivity index (χ1v) is 13.7. The molecule has 0 saturated heterocycles. The number of rotatable bonds is 8. The molecule has 5 rings (SSSR count). The third-order valence-electron chi connectivity index (χ3n) is 6.45. The lowest BCUT2D eigenvalue weighted by atomic mass is 10.0. The van der Waals surface area contributed by atoms with Crippen molar-refractivity contribution in [3.8, 4) is 11.1 Å². The van der Waals surface area contributed by atoms with Crippen LogP contribution in [0.15, 0.2) is 71.6 Å². The summed E-state index contributed by atoms with van der Waals surface area (Å²) in [5.74, 6) is -0.320. The summed E-state index contributed by atoms with van der Waals surface area (Å²) in [6, 6.07) is 19.5. The topological polar surface area (TPSA) is 168 Å². The van der Waals surface area contributed by atoms with Gasteiger partial charge in [-0.15, -0.1) is 0 Å². The van der Waals surface area contributed by atoms with E-state index in [9.17, 15) is 18.0 Å². The van der Waals surface area contributed by atoms with Crippen molar-refractivity contribution in [2.24, 2.45) is 0 Å². The van der Waals surface area contributed by atoms with Crippen LogP contribution in [0, 0.1) is 0 Å². The van der Waals surface area contributed by atoms with Gasteiger partial charge in [0.05, 0.1) is 10.4 Å². The number of hydrogen-bond acceptors (Lipinski definition) is 7. The minimum atomic E-state index is -3.92. The maximum atomic E-state index is 13.6. The Kier molecular flexibility index (Phi) is 7.13. The highest BCUT2D eigenvalue weighted by Gasteiger charge is 2.27. The van der Waals surface area contributed by atoms with Crippen molar-refractivity contribution in [1.82, 2.24) is 24.9 Å². The third kappa shape index (κ3) is 5.52. The number of aromatic nitrogens is 2. The zero-order valence-corrected chi connectivity index (χ0v) is 21.6. The number of nitrogens with zero attached hydrogens (tertiary/aromatic N) is 3. The van der Waals surface area contributed by atoms with E-state index in [0.29, 0.717) is 35.1 Å². The van der Waals surface area contributed by atoms with Crippen molar-refractivity contribution < 1.29 is 23.1 Å². The van der Waals surface area contributed by atoms with Crippen LogP contribution in [0.4, 0.5) is 10.7 Å². The van der Waals surface area contributed by atoms with Gasteiger partial charge in [0.15, 0.2) is 0 Å². The number of sulfonamides is 1. The number of carboxylic acid groups (broad SMARTS) is 1. The smallest absolute Gasteiger partial charge is 0.404 e. The minimum Gasteiger partial charge on any atom is -0.465 e. The Hall–Kier alpha value is -4.55. The normalized spacial score (nSPS) is 12.9. The summed E-state index contributed by atoms with van der Waals surface area (Å²) in [5.41, 5.74) is 9.69. The van der Waals surface area contributed by atoms with Crippen LogP contribution in [-0.4, -0.2) is 53.5 Å². The second-order valence-electron chi connectivity index (χ2n) is 9.07. The lowest BCUT2D eigenvalue weighted by Crippen LogP contribution is -2.29. The van der Waals surface area contributed by atoms with Gasteiger partial charge >= 0.3 is 6.09 Å². The van der Waals surface area contributed by atoms with Crippen molar-refractivity contribution in [2.75, 3.05) is 18.8 Å². The van der Waals surface area contributed by atoms with E-state index in [0.717, 1.165) is 11.1 Å². The first kappa shape index (κ1) is 26.1. The number of anilines is 1. The summed E-state index contributed by atoms with van der Waals surface area (Å²) in [6.45, 7) is 1.08. The van der Waals surface area contributed by atoms with Crippen LogP contribution in [0.2, 0.25) is 0 Å². The lowest BCUT2D eigenvalue weighted by molar-refractivity contribution is 0.0747. The Balaban J connectivity index is 1.47. The summed E-state index contributed by atoms with van der Waals surface area (Å²) in [4.78, 5) is 34.5. The standard InChI is InChI=1S/C27H26N6O5S/c28-26-31-22-11-10-17(20-8-3-4-9-23(20)39(37,38)30-13-5-12-29-27(35)36)14-21(22)24(32-26)25(34)33-15-18-6-1-2-7-19(18)16-33/h1-4,6-11,14,29-30H,5,12-13,15-16H2,(H,35,36)(H2,28,31,32). The number of benzene rings is 3. The number of hydrogen-bond donors (Lipinski definition) is 4. The molecule has 2 amide bonds. The number of carbonyl (C=O) groups excluding carboxylic acids is 1. The Morgan fingerprint density at radius 2 is 1.64 bits per heavy atom. The Bertz CT molecular complexity index is 1670. The summed E-state index contributed by atoms with van der Waals surface area (Å²) in [6.07, 6.45) is -0.883. The van der Waals surface area contributed by atoms with E-state index >= 15 is 0 Å². The molecule has 200 valence electrons. The molecule has 1 aliphatic rings. The highest BCUT2D eigenvalue weighted by Crippen LogP contribution is 2.32. The molecule has 0 saturated carbocycles. The van der Waals surface area contributed by atoms with Crippen molar-refractivity contribution in [3.63, 3.8) is 0 Å². The zero-order chi connectivity index (χ0) is 27.6. The number of nitrogens with one attached hydrogen (secondary N) is 2. The molecule has 11 nitrogen and oxygen atoms in total. The lowest BCUT2D eigenvalue weighted by Gasteiger charge is -2.17. The highest BCUT2D eigenvalue weighted by atomic mass is 32.2. The van der Waals surface area contributed by atoms with E-state index < -0.39 is 16.1 Å². The summed E-state index contributed by atoms with van der Waals surface area (Å²) >= 11 is 0. The number of nitrogen functional groups attached to an aromatic ring is 1. The highest BCUT2D eigenvalue weighted by molar-refractivity contribution is 7.89. The van der Waals surface area contributed by atoms with E-state index in [1.54, 1.807) is 41.3 Å². The fraction of sp³-hybridized carbons (Fsp3) is 0.185. The SMILES string of the molecule is Nc1nc(C(=O)N2Cc3ccccc3C2)c2cc(-c3ccccc3S(=O)(=O)NCCCNC(=O)O)ccc2n1. The van der Waals surface area contributed by atoms with Crippen molar-refractivity contribution >= 4 is 38.9 Å². The van der Waals surface area contributed by atoms with E-state index in [1.807, 2.05) is 24.3 Å². The van der Waals surface area contributed by atoms with Crippen LogP contribution in [0.1, 0.15) is 28.0 Å². The van der Waals surface area contributed by atoms with Crippen molar-refractivity contribution in [3.05, 3.63) is 83.6 Å². The molecule has 0 unspecified atom stereocenters. The van der Waals surface area contributed by atoms with Gasteiger partial charge in [0, 0.05) is 37.1 Å². The maximum Gasteiger partial charge on any atom is 0.404 e. The fourth-order valence-electron chi connectivity index (χ4n) is 4.61. The van der Waals surface area contributed by atoms with E-state index in [2.05, 4.69) is 20.0 Å². The van der Waals surface area contributed by atoms with E-state index in [4.69, 9.17) is 10.8 Å². The van der Waals surface area contributed by atoms with Gasteiger partial charge in [-0.2, -0.15) is 0 Å². The molecule has 2 heterocycles. The summed E-state index contributed by atoms with van der Waals surface area (Å²) in [5, 5.41) is 11.3. The largest absolute Gasteiger partial charge is 0.465 e. The predicted octanol–water partition coefficient (Wildman–Crippen LogP) is 2.97. The Morgan fingerprint density at radius 1 is 0.949 bits per heavy atom. The molecule has 0 atom stereocenters. The quantitative estimate of drug-likeness (QED) is 0.245. The van der Waals surface area contributed by atoms with Crippen LogP contribution in [0.3, 0.4) is 0 Å². The van der Waals surface area contributed by atoms with Gasteiger partial charge in [-0.25, -0.2) is 27.9 Å². The third-order valence-corrected chi connectivity index (χ3v) is 7.97. The number of amides is 2. The average Bonchev–Trinajstić information content (AvgIpc) is 3.36. The molecule has 4 aromatic rings. The Morgan fingerprint density at radius 3 is 2.36 bits per heavy atom. The molecule has 0 spiro atoms. The monoisotopic (exact) mass is 546 g/mol. The molecule has 39 heavy (non-hydrogen) atoms. The molecule has 0 radical (unpaired) electrons. The van der Waals surface area contributed by atoms with Crippen LogP contribution in [-0.2, 0) is 23.1 Å². The second-order valence-corrected chi connectivity index (χ2v) is 10.8. The van der Waals surface area contributed by atoms with E-state index in [1.165, 1.54) is 6.07 Å². The van der Waals surface area contributed by atoms with Crippen molar-refractivity contribution in [2.45, 2.75) is 24.4 Å². The van der Waals surface area contributed by atoms with Gasteiger partial charge in [0.1, 0.15) is 5.69 Å². The second kappa shape index (κ2) is 10.7. The van der Waals surface area contributed by atoms with Gasteiger partial charge in [0.2, 0.25) is 16.0 Å². The van der Waals surface area contributed by atoms with Crippen LogP contribution < -0.4 is 15.8 Å². The average molecular weight is 547 g/mol. The van der Waals surface area contributed by atoms with Crippen LogP contribution in [0.25, 0.3) is 22.0 Å². The molecular weight excluding hydrogens is 520 g/mol. The predicted molar refractivity (Wildman–Crippen MR) is 145 cm³/mol. The minimum absolute atomic E-state index is 0.0279. The summed E-state index contributed by atoms with van der Waals surface area (Å²) < 4.78 is 28.8. The number of fused-ring (bicyclic) bond motifs is 2. The fourth-order valence-corrected chi connectivity index (χ4v) is 5.91. The van der Waals surface area contributed by atoms with E-state index in [-0.39, 0.29) is 42.0 Å². The van der Waals surface area contributed by atoms with Gasteiger partial charge in [-0.3, -0.25) is 4.79 Å². The zero-order valence-electron chi connectivity index (χ0n) is 20.8. The molecular formula is C27H26N6O5S. The van der Waals surface area contributed by atoms with Crippen molar-refractivity contribution in [1.29, 1.82) is 0 Å².